The quantitative estimate of drug-likeness (QED) is 0.246. The van der Waals surface area contributed by atoms with Gasteiger partial charge in [0.1, 0.15) is 6.04 Å². The average molecular weight is 546 g/mol. The van der Waals surface area contributed by atoms with Crippen LogP contribution >= 0.6 is 34.8 Å². The van der Waals surface area contributed by atoms with Crippen molar-refractivity contribution in [3.05, 3.63) is 105 Å². The first-order chi connectivity index (χ1) is 17.4. The predicted octanol–water partition coefficient (Wildman–Crippen LogP) is 7.14. The van der Waals surface area contributed by atoms with Gasteiger partial charge in [0.25, 0.3) is 0 Å². The van der Waals surface area contributed by atoms with Crippen molar-refractivity contribution in [1.29, 1.82) is 0 Å². The van der Waals surface area contributed by atoms with Crippen LogP contribution in [0.1, 0.15) is 42.9 Å². The number of carbonyl (C=O) groups is 2. The third-order valence-electron chi connectivity index (χ3n) is 6.00. The van der Waals surface area contributed by atoms with Crippen molar-refractivity contribution in [2.75, 3.05) is 6.54 Å². The van der Waals surface area contributed by atoms with Crippen LogP contribution < -0.4 is 5.32 Å². The summed E-state index contributed by atoms with van der Waals surface area (Å²) in [4.78, 5) is 28.8. The molecule has 0 bridgehead atoms. The van der Waals surface area contributed by atoms with E-state index in [2.05, 4.69) is 12.2 Å². The largest absolute Gasteiger partial charge is 0.354 e. The normalized spacial score (nSPS) is 11.7. The molecule has 0 spiro atoms. The molecular weight excluding hydrogens is 515 g/mol. The van der Waals surface area contributed by atoms with Gasteiger partial charge in [-0.2, -0.15) is 0 Å². The van der Waals surface area contributed by atoms with E-state index < -0.39 is 6.04 Å². The van der Waals surface area contributed by atoms with Crippen LogP contribution in [-0.4, -0.2) is 29.3 Å². The van der Waals surface area contributed by atoms with E-state index in [1.54, 1.807) is 17.0 Å². The van der Waals surface area contributed by atoms with Gasteiger partial charge in [0.15, 0.2) is 0 Å². The summed E-state index contributed by atoms with van der Waals surface area (Å²) in [5.41, 5.74) is 2.68. The summed E-state index contributed by atoms with van der Waals surface area (Å²) in [6.45, 7) is 2.87. The summed E-state index contributed by atoms with van der Waals surface area (Å²) in [6.07, 6.45) is 2.94. The number of rotatable bonds is 12. The van der Waals surface area contributed by atoms with Crippen LogP contribution in [0.2, 0.25) is 15.1 Å². The minimum atomic E-state index is -0.683. The third-order valence-corrected chi connectivity index (χ3v) is 7.11. The van der Waals surface area contributed by atoms with Gasteiger partial charge in [-0.15, -0.1) is 0 Å². The summed E-state index contributed by atoms with van der Waals surface area (Å²) >= 11 is 18.7. The average Bonchev–Trinajstić information content (AvgIpc) is 2.88. The molecule has 3 aromatic carbocycles. The maximum Gasteiger partial charge on any atom is 0.243 e. The molecule has 0 radical (unpaired) electrons. The lowest BCUT2D eigenvalue weighted by molar-refractivity contribution is -0.141. The van der Waals surface area contributed by atoms with Crippen LogP contribution in [0.25, 0.3) is 0 Å². The standard InChI is InChI=1S/C29H31Cl3N2O2/c1-2-3-17-33-29(36)27(19-21-9-5-4-6-10-21)34(20-22-13-15-25(31)26(32)18-22)28(35)16-14-23-11-7-8-12-24(23)30/h4-13,15,18,27H,2-3,14,16-17,19-20H2,1H3,(H,33,36). The molecule has 3 aromatic rings. The summed E-state index contributed by atoms with van der Waals surface area (Å²) in [7, 11) is 0. The van der Waals surface area contributed by atoms with Crippen molar-refractivity contribution < 1.29 is 9.59 Å². The molecule has 0 aromatic heterocycles. The van der Waals surface area contributed by atoms with Crippen molar-refractivity contribution in [2.24, 2.45) is 0 Å². The second-order valence-electron chi connectivity index (χ2n) is 8.71. The Labute approximate surface area is 228 Å². The summed E-state index contributed by atoms with van der Waals surface area (Å²) < 4.78 is 0. The first kappa shape index (κ1) is 28.0. The molecule has 1 N–H and O–H groups in total. The number of benzene rings is 3. The Morgan fingerprint density at radius 3 is 2.28 bits per heavy atom. The molecule has 0 heterocycles. The summed E-state index contributed by atoms with van der Waals surface area (Å²) in [5, 5.41) is 4.50. The fourth-order valence-corrected chi connectivity index (χ4v) is 4.53. The second-order valence-corrected chi connectivity index (χ2v) is 9.93. The van der Waals surface area contributed by atoms with E-state index in [9.17, 15) is 9.59 Å². The van der Waals surface area contributed by atoms with E-state index in [4.69, 9.17) is 34.8 Å². The molecule has 1 unspecified atom stereocenters. The van der Waals surface area contributed by atoms with Crippen molar-refractivity contribution in [3.8, 4) is 0 Å². The highest BCUT2D eigenvalue weighted by atomic mass is 35.5. The molecule has 4 nitrogen and oxygen atoms in total. The Balaban J connectivity index is 1.91. The smallest absolute Gasteiger partial charge is 0.243 e. The van der Waals surface area contributed by atoms with Gasteiger partial charge in [-0.25, -0.2) is 0 Å². The predicted molar refractivity (Wildman–Crippen MR) is 149 cm³/mol. The van der Waals surface area contributed by atoms with Gasteiger partial charge in [0.2, 0.25) is 11.8 Å². The van der Waals surface area contributed by atoms with Gasteiger partial charge >= 0.3 is 0 Å². The summed E-state index contributed by atoms with van der Waals surface area (Å²) in [6, 6.07) is 21.8. The zero-order valence-corrected chi connectivity index (χ0v) is 22.6. The van der Waals surface area contributed by atoms with Crippen LogP contribution in [0.5, 0.6) is 0 Å². The highest BCUT2D eigenvalue weighted by molar-refractivity contribution is 6.42. The number of aryl methyl sites for hydroxylation is 1. The fraction of sp³-hybridized carbons (Fsp3) is 0.310. The Morgan fingerprint density at radius 2 is 1.58 bits per heavy atom. The minimum absolute atomic E-state index is 0.132. The maximum atomic E-state index is 13.7. The molecular formula is C29H31Cl3N2O2. The lowest BCUT2D eigenvalue weighted by atomic mass is 10.0. The topological polar surface area (TPSA) is 49.4 Å². The van der Waals surface area contributed by atoms with Gasteiger partial charge in [-0.3, -0.25) is 9.59 Å². The number of nitrogens with zero attached hydrogens (tertiary/aromatic N) is 1. The van der Waals surface area contributed by atoms with E-state index in [1.165, 1.54) is 0 Å². The van der Waals surface area contributed by atoms with E-state index >= 15 is 0 Å². The Morgan fingerprint density at radius 1 is 0.861 bits per heavy atom. The Hall–Kier alpha value is -2.53. The number of carbonyl (C=O) groups excluding carboxylic acids is 2. The van der Waals surface area contributed by atoms with E-state index in [0.717, 1.165) is 29.5 Å². The molecule has 3 rings (SSSR count). The van der Waals surface area contributed by atoms with Gasteiger partial charge in [-0.1, -0.05) is 103 Å². The first-order valence-electron chi connectivity index (χ1n) is 12.2. The minimum Gasteiger partial charge on any atom is -0.354 e. The van der Waals surface area contributed by atoms with E-state index in [-0.39, 0.29) is 24.8 Å². The molecule has 0 saturated heterocycles. The van der Waals surface area contributed by atoms with Crippen molar-refractivity contribution in [1.82, 2.24) is 10.2 Å². The number of hydrogen-bond donors (Lipinski definition) is 1. The maximum absolute atomic E-state index is 13.7. The molecule has 0 aliphatic rings. The van der Waals surface area contributed by atoms with Crippen LogP contribution in [-0.2, 0) is 29.0 Å². The van der Waals surface area contributed by atoms with Crippen molar-refractivity contribution in [3.63, 3.8) is 0 Å². The molecule has 2 amide bonds. The van der Waals surface area contributed by atoms with E-state index in [0.29, 0.717) is 34.5 Å². The molecule has 0 aliphatic carbocycles. The zero-order valence-electron chi connectivity index (χ0n) is 20.4. The first-order valence-corrected chi connectivity index (χ1v) is 13.3. The zero-order chi connectivity index (χ0) is 25.9. The highest BCUT2D eigenvalue weighted by Gasteiger charge is 2.30. The molecule has 190 valence electrons. The molecule has 0 saturated carbocycles. The van der Waals surface area contributed by atoms with Crippen molar-refractivity contribution >= 4 is 46.6 Å². The lowest BCUT2D eigenvalue weighted by Gasteiger charge is -2.32. The van der Waals surface area contributed by atoms with Gasteiger partial charge in [-0.05, 0) is 47.7 Å². The third kappa shape index (κ3) is 8.26. The molecule has 0 aliphatic heterocycles. The Bertz CT molecular complexity index is 1150. The second kappa shape index (κ2) is 14.3. The van der Waals surface area contributed by atoms with Crippen LogP contribution in [0, 0.1) is 0 Å². The molecule has 0 fully saturated rings. The number of hydrogen-bond acceptors (Lipinski definition) is 2. The fourth-order valence-electron chi connectivity index (χ4n) is 3.98. The number of nitrogens with one attached hydrogen (secondary N) is 1. The monoisotopic (exact) mass is 544 g/mol. The van der Waals surface area contributed by atoms with Crippen LogP contribution in [0.3, 0.4) is 0 Å². The van der Waals surface area contributed by atoms with Crippen LogP contribution in [0.15, 0.2) is 72.8 Å². The number of unbranched alkanes of at least 4 members (excludes halogenated alkanes) is 1. The number of amides is 2. The van der Waals surface area contributed by atoms with Crippen LogP contribution in [0.4, 0.5) is 0 Å². The van der Waals surface area contributed by atoms with Crippen molar-refractivity contribution in [2.45, 2.75) is 51.6 Å². The van der Waals surface area contributed by atoms with Gasteiger partial charge in [0, 0.05) is 31.0 Å². The molecule has 1 atom stereocenters. The SMILES string of the molecule is CCCCNC(=O)C(Cc1ccccc1)N(Cc1ccc(Cl)c(Cl)c1)C(=O)CCc1ccccc1Cl. The lowest BCUT2D eigenvalue weighted by Crippen LogP contribution is -2.50. The molecule has 7 heteroatoms. The number of halogens is 3. The Kier molecular flexibility index (Phi) is 11.1. The summed E-state index contributed by atoms with van der Waals surface area (Å²) in [5.74, 6) is -0.300. The van der Waals surface area contributed by atoms with E-state index in [1.807, 2.05) is 60.7 Å². The van der Waals surface area contributed by atoms with Gasteiger partial charge in [0.05, 0.1) is 10.0 Å². The highest BCUT2D eigenvalue weighted by Crippen LogP contribution is 2.25. The van der Waals surface area contributed by atoms with Gasteiger partial charge < -0.3 is 10.2 Å². The molecule has 36 heavy (non-hydrogen) atoms.